The molecule has 1 unspecified atom stereocenters. The van der Waals surface area contributed by atoms with Gasteiger partial charge in [0.25, 0.3) is 10.1 Å². The molecule has 134 valence electrons. The lowest BCUT2D eigenvalue weighted by atomic mass is 10.2. The van der Waals surface area contributed by atoms with Gasteiger partial charge in [0.1, 0.15) is 18.5 Å². The van der Waals surface area contributed by atoms with Crippen molar-refractivity contribution in [2.75, 3.05) is 13.2 Å². The van der Waals surface area contributed by atoms with Crippen LogP contribution in [-0.4, -0.2) is 27.7 Å². The lowest BCUT2D eigenvalue weighted by molar-refractivity contribution is 0.110. The van der Waals surface area contributed by atoms with Crippen LogP contribution in [0.1, 0.15) is 6.42 Å². The molecule has 0 saturated carbocycles. The lowest BCUT2D eigenvalue weighted by Gasteiger charge is -2.18. The van der Waals surface area contributed by atoms with Gasteiger partial charge in [0.2, 0.25) is 0 Å². The summed E-state index contributed by atoms with van der Waals surface area (Å²) in [6.07, 6.45) is -0.286. The molecule has 2 rings (SSSR count). The number of ether oxygens (including phenoxy) is 1. The van der Waals surface area contributed by atoms with E-state index in [9.17, 15) is 13.0 Å². The summed E-state index contributed by atoms with van der Waals surface area (Å²) in [6, 6.07) is 14.6. The number of rotatable bonds is 10. The molecule has 2 aromatic carbocycles. The van der Waals surface area contributed by atoms with E-state index in [1.54, 1.807) is 24.3 Å². The average Bonchev–Trinajstić information content (AvgIpc) is 2.61. The SMILES string of the molecule is O=POCCC(COS(=O)(=O)c1ccc(Cl)cc1)Oc1ccccc1. The van der Waals surface area contributed by atoms with Crippen molar-refractivity contribution in [2.24, 2.45) is 0 Å². The fraction of sp³-hybridized carbons (Fsp3) is 0.250. The van der Waals surface area contributed by atoms with Gasteiger partial charge in [0, 0.05) is 11.4 Å². The molecule has 0 saturated heterocycles. The molecule has 0 aromatic heterocycles. The van der Waals surface area contributed by atoms with E-state index in [-0.39, 0.29) is 18.1 Å². The van der Waals surface area contributed by atoms with Gasteiger partial charge in [-0.3, -0.25) is 8.71 Å². The van der Waals surface area contributed by atoms with E-state index in [1.165, 1.54) is 24.3 Å². The van der Waals surface area contributed by atoms with Crippen LogP contribution in [0.15, 0.2) is 59.5 Å². The van der Waals surface area contributed by atoms with Gasteiger partial charge in [-0.25, -0.2) is 4.57 Å². The minimum Gasteiger partial charge on any atom is -0.488 e. The third-order valence-electron chi connectivity index (χ3n) is 3.14. The third kappa shape index (κ3) is 6.72. The van der Waals surface area contributed by atoms with Crippen LogP contribution in [0.25, 0.3) is 0 Å². The highest BCUT2D eigenvalue weighted by Crippen LogP contribution is 2.18. The van der Waals surface area contributed by atoms with Crippen molar-refractivity contribution in [3.05, 3.63) is 59.6 Å². The van der Waals surface area contributed by atoms with Gasteiger partial charge in [0.15, 0.2) is 0 Å². The van der Waals surface area contributed by atoms with E-state index in [1.807, 2.05) is 6.07 Å². The smallest absolute Gasteiger partial charge is 0.327 e. The fourth-order valence-corrected chi connectivity index (χ4v) is 3.17. The average molecular weight is 403 g/mol. The van der Waals surface area contributed by atoms with Crippen LogP contribution >= 0.6 is 20.3 Å². The maximum Gasteiger partial charge on any atom is 0.327 e. The summed E-state index contributed by atoms with van der Waals surface area (Å²) in [7, 11) is -4.38. The molecule has 0 amide bonds. The molecule has 0 aliphatic heterocycles. The molecule has 6 nitrogen and oxygen atoms in total. The van der Waals surface area contributed by atoms with Crippen molar-refractivity contribution < 1.29 is 26.4 Å². The first-order chi connectivity index (χ1) is 12.0. The maximum atomic E-state index is 12.2. The van der Waals surface area contributed by atoms with Crippen LogP contribution in [0.3, 0.4) is 0 Å². The van der Waals surface area contributed by atoms with Crippen molar-refractivity contribution in [3.8, 4) is 5.75 Å². The predicted molar refractivity (Wildman–Crippen MR) is 93.6 cm³/mol. The molecule has 0 N–H and O–H groups in total. The van der Waals surface area contributed by atoms with Crippen molar-refractivity contribution in [2.45, 2.75) is 17.4 Å². The van der Waals surface area contributed by atoms with Crippen LogP contribution in [0.2, 0.25) is 5.02 Å². The van der Waals surface area contributed by atoms with Crippen molar-refractivity contribution in [1.82, 2.24) is 0 Å². The molecule has 0 aliphatic carbocycles. The maximum absolute atomic E-state index is 12.2. The third-order valence-corrected chi connectivity index (χ3v) is 4.98. The Morgan fingerprint density at radius 1 is 1.04 bits per heavy atom. The Hall–Kier alpha value is -1.50. The highest BCUT2D eigenvalue weighted by atomic mass is 35.5. The number of hydrogen-bond acceptors (Lipinski definition) is 6. The quantitative estimate of drug-likeness (QED) is 0.338. The Bertz CT molecular complexity index is 767. The van der Waals surface area contributed by atoms with Gasteiger partial charge >= 0.3 is 8.69 Å². The highest BCUT2D eigenvalue weighted by Gasteiger charge is 2.20. The molecule has 0 radical (unpaired) electrons. The normalized spacial score (nSPS) is 12.8. The second-order valence-corrected chi connectivity index (χ2v) is 7.40. The molecule has 9 heteroatoms. The molecule has 1 atom stereocenters. The molecular weight excluding hydrogens is 387 g/mol. The Morgan fingerprint density at radius 3 is 2.36 bits per heavy atom. The topological polar surface area (TPSA) is 78.9 Å². The lowest BCUT2D eigenvalue weighted by Crippen LogP contribution is -2.26. The molecule has 0 fully saturated rings. The molecule has 2 aromatic rings. The molecule has 0 heterocycles. The standard InChI is InChI=1S/C16H16ClO6PS/c17-13-6-8-16(9-7-13)25(19,20)22-12-15(10-11-21-24-18)23-14-4-2-1-3-5-14/h1-9,15H,10-12H2. The number of halogens is 1. The summed E-state index contributed by atoms with van der Waals surface area (Å²) in [5.41, 5.74) is 0. The summed E-state index contributed by atoms with van der Waals surface area (Å²) in [5, 5.41) is 0.429. The molecule has 25 heavy (non-hydrogen) atoms. The largest absolute Gasteiger partial charge is 0.488 e. The van der Waals surface area contributed by atoms with Crippen LogP contribution in [-0.2, 0) is 23.4 Å². The first kappa shape index (κ1) is 19.8. The number of para-hydroxylation sites is 1. The Kier molecular flexibility index (Phi) is 7.81. The fourth-order valence-electron chi connectivity index (χ4n) is 1.92. The Labute approximate surface area is 153 Å². The van der Waals surface area contributed by atoms with E-state index >= 15 is 0 Å². The second kappa shape index (κ2) is 9.85. The predicted octanol–water partition coefficient (Wildman–Crippen LogP) is 4.11. The molecule has 0 bridgehead atoms. The van der Waals surface area contributed by atoms with Crippen molar-refractivity contribution >= 4 is 30.4 Å². The monoisotopic (exact) mass is 402 g/mol. The van der Waals surface area contributed by atoms with E-state index in [0.717, 1.165) is 0 Å². The Morgan fingerprint density at radius 2 is 1.72 bits per heavy atom. The van der Waals surface area contributed by atoms with Gasteiger partial charge in [-0.1, -0.05) is 29.8 Å². The molecule has 0 spiro atoms. The minimum absolute atomic E-state index is 0.00434. The van der Waals surface area contributed by atoms with Crippen molar-refractivity contribution in [1.29, 1.82) is 0 Å². The van der Waals surface area contributed by atoms with Crippen LogP contribution in [0.5, 0.6) is 5.75 Å². The Balaban J connectivity index is 2.02. The second-order valence-electron chi connectivity index (χ2n) is 4.94. The van der Waals surface area contributed by atoms with Gasteiger partial charge in [-0.05, 0) is 36.4 Å². The molecule has 0 aliphatic rings. The summed E-state index contributed by atoms with van der Waals surface area (Å²) in [5.74, 6) is 0.569. The summed E-state index contributed by atoms with van der Waals surface area (Å²) < 4.78 is 50.4. The van der Waals surface area contributed by atoms with Crippen LogP contribution in [0, 0.1) is 0 Å². The van der Waals surface area contributed by atoms with Gasteiger partial charge < -0.3 is 4.74 Å². The van der Waals surface area contributed by atoms with Gasteiger partial charge in [-0.15, -0.1) is 0 Å². The summed E-state index contributed by atoms with van der Waals surface area (Å²) in [4.78, 5) is 0.00434. The summed E-state index contributed by atoms with van der Waals surface area (Å²) in [6.45, 7) is -0.0775. The van der Waals surface area contributed by atoms with Gasteiger partial charge in [0.05, 0.1) is 11.5 Å². The van der Waals surface area contributed by atoms with Crippen molar-refractivity contribution in [3.63, 3.8) is 0 Å². The first-order valence-corrected chi connectivity index (χ1v) is 9.84. The highest BCUT2D eigenvalue weighted by molar-refractivity contribution is 7.86. The van der Waals surface area contributed by atoms with E-state index < -0.39 is 24.9 Å². The number of benzene rings is 2. The van der Waals surface area contributed by atoms with Gasteiger partial charge in [-0.2, -0.15) is 8.42 Å². The minimum atomic E-state index is -3.94. The first-order valence-electron chi connectivity index (χ1n) is 7.32. The summed E-state index contributed by atoms with van der Waals surface area (Å²) >= 11 is 5.75. The van der Waals surface area contributed by atoms with E-state index in [0.29, 0.717) is 17.2 Å². The van der Waals surface area contributed by atoms with Crippen LogP contribution < -0.4 is 4.74 Å². The van der Waals surface area contributed by atoms with E-state index in [2.05, 4.69) is 0 Å². The number of hydrogen-bond donors (Lipinski definition) is 0. The zero-order chi connectivity index (χ0) is 18.1. The molecular formula is C16H16ClO6PS. The zero-order valence-electron chi connectivity index (χ0n) is 13.1. The zero-order valence-corrected chi connectivity index (χ0v) is 15.5. The van der Waals surface area contributed by atoms with Crippen LogP contribution in [0.4, 0.5) is 0 Å². The van der Waals surface area contributed by atoms with E-state index in [4.69, 9.17) is 25.0 Å².